The summed E-state index contributed by atoms with van der Waals surface area (Å²) in [6.45, 7) is 0. The monoisotopic (exact) mass is 418 g/mol. The van der Waals surface area contributed by atoms with E-state index in [1.807, 2.05) is 18.2 Å². The van der Waals surface area contributed by atoms with E-state index in [0.29, 0.717) is 15.4 Å². The Morgan fingerprint density at radius 1 is 1.32 bits per heavy atom. The lowest BCUT2D eigenvalue weighted by Gasteiger charge is -2.06. The molecule has 0 radical (unpaired) electrons. The van der Waals surface area contributed by atoms with Crippen molar-refractivity contribution in [3.05, 3.63) is 64.4 Å². The van der Waals surface area contributed by atoms with Gasteiger partial charge in [0, 0.05) is 5.75 Å². The minimum Gasteiger partial charge on any atom is -0.503 e. The highest BCUT2D eigenvalue weighted by atomic mass is 79.9. The summed E-state index contributed by atoms with van der Waals surface area (Å²) in [6, 6.07) is 13.6. The number of thioether (sulfide) groups is 1. The van der Waals surface area contributed by atoms with E-state index in [0.717, 1.165) is 11.3 Å². The molecule has 25 heavy (non-hydrogen) atoms. The molecule has 2 aromatic carbocycles. The SMILES string of the molecule is COc1cc(/C=N/n2cnnc2SCc2ccccc2)cc(Br)c1O. The third kappa shape index (κ3) is 4.40. The largest absolute Gasteiger partial charge is 0.503 e. The zero-order valence-electron chi connectivity index (χ0n) is 13.3. The van der Waals surface area contributed by atoms with Gasteiger partial charge in [-0.25, -0.2) is 0 Å². The summed E-state index contributed by atoms with van der Waals surface area (Å²) in [5.41, 5.74) is 1.98. The molecule has 1 heterocycles. The number of ether oxygens (including phenoxy) is 1. The molecule has 6 nitrogen and oxygen atoms in total. The highest BCUT2D eigenvalue weighted by molar-refractivity contribution is 9.10. The van der Waals surface area contributed by atoms with Crippen molar-refractivity contribution in [2.45, 2.75) is 10.9 Å². The lowest BCUT2D eigenvalue weighted by Crippen LogP contribution is -1.94. The molecule has 8 heteroatoms. The van der Waals surface area contributed by atoms with E-state index in [1.165, 1.54) is 12.7 Å². The number of methoxy groups -OCH3 is 1. The molecular formula is C17H15BrN4O2S. The predicted molar refractivity (Wildman–Crippen MR) is 101 cm³/mol. The fourth-order valence-electron chi connectivity index (χ4n) is 2.07. The van der Waals surface area contributed by atoms with Crippen LogP contribution in [0.2, 0.25) is 0 Å². The third-order valence-corrected chi connectivity index (χ3v) is 4.92. The van der Waals surface area contributed by atoms with Crippen molar-refractivity contribution in [2.24, 2.45) is 5.10 Å². The highest BCUT2D eigenvalue weighted by Crippen LogP contribution is 2.34. The summed E-state index contributed by atoms with van der Waals surface area (Å²) in [5.74, 6) is 1.22. The van der Waals surface area contributed by atoms with E-state index < -0.39 is 0 Å². The summed E-state index contributed by atoms with van der Waals surface area (Å²) >= 11 is 4.85. The average Bonchev–Trinajstić information content (AvgIpc) is 3.09. The molecule has 0 aliphatic carbocycles. The predicted octanol–water partition coefficient (Wildman–Crippen LogP) is 3.93. The Bertz CT molecular complexity index is 884. The molecule has 0 aliphatic heterocycles. The van der Waals surface area contributed by atoms with Crippen molar-refractivity contribution in [1.29, 1.82) is 0 Å². The molecule has 3 aromatic rings. The topological polar surface area (TPSA) is 72.5 Å². The van der Waals surface area contributed by atoms with E-state index in [2.05, 4.69) is 43.4 Å². The van der Waals surface area contributed by atoms with Crippen molar-refractivity contribution in [3.63, 3.8) is 0 Å². The second-order valence-corrected chi connectivity index (χ2v) is 6.83. The Morgan fingerprint density at radius 3 is 2.88 bits per heavy atom. The van der Waals surface area contributed by atoms with Crippen LogP contribution in [0.25, 0.3) is 0 Å². The molecule has 1 N–H and O–H groups in total. The van der Waals surface area contributed by atoms with Gasteiger partial charge < -0.3 is 9.84 Å². The average molecular weight is 419 g/mol. The van der Waals surface area contributed by atoms with E-state index in [1.54, 1.807) is 41.1 Å². The van der Waals surface area contributed by atoms with Gasteiger partial charge in [0.1, 0.15) is 6.33 Å². The van der Waals surface area contributed by atoms with Gasteiger partial charge in [-0.3, -0.25) is 0 Å². The molecule has 0 atom stereocenters. The maximum Gasteiger partial charge on any atom is 0.212 e. The Balaban J connectivity index is 1.75. The van der Waals surface area contributed by atoms with Crippen molar-refractivity contribution in [2.75, 3.05) is 7.11 Å². The summed E-state index contributed by atoms with van der Waals surface area (Å²) in [4.78, 5) is 0. The van der Waals surface area contributed by atoms with Crippen molar-refractivity contribution < 1.29 is 9.84 Å². The van der Waals surface area contributed by atoms with Crippen molar-refractivity contribution >= 4 is 33.9 Å². The Kier molecular flexibility index (Phi) is 5.72. The first-order valence-electron chi connectivity index (χ1n) is 7.35. The van der Waals surface area contributed by atoms with E-state index >= 15 is 0 Å². The van der Waals surface area contributed by atoms with Gasteiger partial charge in [0.25, 0.3) is 0 Å². The number of phenols is 1. The molecule has 0 saturated carbocycles. The first-order valence-corrected chi connectivity index (χ1v) is 9.13. The smallest absolute Gasteiger partial charge is 0.212 e. The molecule has 3 rings (SSSR count). The van der Waals surface area contributed by atoms with E-state index in [-0.39, 0.29) is 5.75 Å². The maximum absolute atomic E-state index is 9.85. The van der Waals surface area contributed by atoms with Crippen LogP contribution < -0.4 is 4.74 Å². The standard InChI is InChI=1S/C17H15BrN4O2S/c1-24-15-8-13(7-14(18)16(15)23)9-20-22-11-19-21-17(22)25-10-12-5-3-2-4-6-12/h2-9,11,23H,10H2,1H3/b20-9+. The number of rotatable bonds is 6. The number of hydrogen-bond acceptors (Lipinski definition) is 6. The van der Waals surface area contributed by atoms with Gasteiger partial charge in [-0.15, -0.1) is 10.2 Å². The first kappa shape index (κ1) is 17.5. The second-order valence-electron chi connectivity index (χ2n) is 5.03. The van der Waals surface area contributed by atoms with E-state index in [4.69, 9.17) is 4.74 Å². The van der Waals surface area contributed by atoms with Crippen LogP contribution in [0.3, 0.4) is 0 Å². The lowest BCUT2D eigenvalue weighted by atomic mass is 10.2. The molecule has 0 bridgehead atoms. The summed E-state index contributed by atoms with van der Waals surface area (Å²) in [6.07, 6.45) is 3.21. The number of nitrogens with zero attached hydrogens (tertiary/aromatic N) is 4. The number of hydrogen-bond donors (Lipinski definition) is 1. The fourth-order valence-corrected chi connectivity index (χ4v) is 3.35. The molecule has 0 saturated heterocycles. The number of phenolic OH excluding ortho intramolecular Hbond substituents is 1. The number of aromatic hydroxyl groups is 1. The van der Waals surface area contributed by atoms with Crippen LogP contribution >= 0.6 is 27.7 Å². The zero-order chi connectivity index (χ0) is 17.6. The van der Waals surface area contributed by atoms with Crippen molar-refractivity contribution in [3.8, 4) is 11.5 Å². The van der Waals surface area contributed by atoms with Crippen LogP contribution in [-0.4, -0.2) is 33.3 Å². The Hall–Kier alpha value is -2.32. The molecule has 0 fully saturated rings. The normalized spacial score (nSPS) is 11.1. The van der Waals surface area contributed by atoms with Gasteiger partial charge in [0.2, 0.25) is 5.16 Å². The van der Waals surface area contributed by atoms with E-state index in [9.17, 15) is 5.11 Å². The van der Waals surface area contributed by atoms with Gasteiger partial charge in [-0.1, -0.05) is 42.1 Å². The maximum atomic E-state index is 9.85. The van der Waals surface area contributed by atoms with Crippen LogP contribution in [0.4, 0.5) is 0 Å². The fraction of sp³-hybridized carbons (Fsp3) is 0.118. The number of benzene rings is 2. The van der Waals surface area contributed by atoms with Crippen LogP contribution in [-0.2, 0) is 5.75 Å². The van der Waals surface area contributed by atoms with Crippen molar-refractivity contribution in [1.82, 2.24) is 14.9 Å². The van der Waals surface area contributed by atoms with Crippen LogP contribution in [0.15, 0.2) is 63.5 Å². The zero-order valence-corrected chi connectivity index (χ0v) is 15.7. The lowest BCUT2D eigenvalue weighted by molar-refractivity contribution is 0.372. The molecule has 128 valence electrons. The van der Waals surface area contributed by atoms with Gasteiger partial charge in [0.15, 0.2) is 11.5 Å². The first-order chi connectivity index (χ1) is 12.2. The van der Waals surface area contributed by atoms with Gasteiger partial charge in [0.05, 0.1) is 17.8 Å². The number of halogens is 1. The molecule has 0 spiro atoms. The van der Waals surface area contributed by atoms with Crippen LogP contribution in [0, 0.1) is 0 Å². The number of aromatic nitrogens is 3. The summed E-state index contributed by atoms with van der Waals surface area (Å²) in [5, 5.41) is 22.9. The molecule has 0 aliphatic rings. The summed E-state index contributed by atoms with van der Waals surface area (Å²) in [7, 11) is 1.50. The second kappa shape index (κ2) is 8.17. The molecular weight excluding hydrogens is 404 g/mol. The quantitative estimate of drug-likeness (QED) is 0.484. The Labute approximate surface area is 157 Å². The van der Waals surface area contributed by atoms with Crippen LogP contribution in [0.1, 0.15) is 11.1 Å². The van der Waals surface area contributed by atoms with Crippen LogP contribution in [0.5, 0.6) is 11.5 Å². The minimum absolute atomic E-state index is 0.0584. The molecule has 1 aromatic heterocycles. The van der Waals surface area contributed by atoms with Gasteiger partial charge in [-0.2, -0.15) is 9.78 Å². The van der Waals surface area contributed by atoms with Gasteiger partial charge >= 0.3 is 0 Å². The minimum atomic E-state index is 0.0584. The molecule has 0 unspecified atom stereocenters. The summed E-state index contributed by atoms with van der Waals surface area (Å²) < 4.78 is 7.29. The van der Waals surface area contributed by atoms with Gasteiger partial charge in [-0.05, 0) is 39.2 Å². The highest BCUT2D eigenvalue weighted by Gasteiger charge is 2.08. The third-order valence-electron chi connectivity index (χ3n) is 3.31. The molecule has 0 amide bonds. The Morgan fingerprint density at radius 2 is 2.12 bits per heavy atom.